The summed E-state index contributed by atoms with van der Waals surface area (Å²) in [6, 6.07) is 0. The highest BCUT2D eigenvalue weighted by Crippen LogP contribution is 2.28. The van der Waals surface area contributed by atoms with Gasteiger partial charge in [-0.15, -0.1) is 0 Å². The smallest absolute Gasteiger partial charge is 0.264 e. The van der Waals surface area contributed by atoms with Crippen molar-refractivity contribution < 1.29 is 4.79 Å². The molecule has 0 unspecified atom stereocenters. The van der Waals surface area contributed by atoms with E-state index in [1.807, 2.05) is 6.08 Å². The molecule has 1 saturated heterocycles. The van der Waals surface area contributed by atoms with Crippen molar-refractivity contribution in [3.05, 3.63) is 11.8 Å². The molecule has 0 saturated carbocycles. The molecule has 2 N–H and O–H groups in total. The Morgan fingerprint density at radius 1 is 1.55 bits per heavy atom. The van der Waals surface area contributed by atoms with Crippen LogP contribution in [0.15, 0.2) is 11.8 Å². The number of nitrogens with two attached hydrogens (primary N) is 1. The first-order chi connectivity index (χ1) is 5.27. The van der Waals surface area contributed by atoms with Gasteiger partial charge in [0.2, 0.25) is 0 Å². The van der Waals surface area contributed by atoms with Gasteiger partial charge < -0.3 is 10.6 Å². The van der Waals surface area contributed by atoms with Crippen molar-refractivity contribution in [2.45, 2.75) is 12.8 Å². The number of piperidine rings is 1. The molecule has 0 aromatic heterocycles. The van der Waals surface area contributed by atoms with E-state index in [2.05, 4.69) is 4.90 Å². The van der Waals surface area contributed by atoms with E-state index in [0.29, 0.717) is 5.92 Å². The van der Waals surface area contributed by atoms with E-state index in [9.17, 15) is 4.79 Å². The summed E-state index contributed by atoms with van der Waals surface area (Å²) in [5, 5.41) is 0. The Morgan fingerprint density at radius 3 is 2.45 bits per heavy atom. The maximum atomic E-state index is 10.9. The molecule has 0 atom stereocenters. The normalized spacial score (nSPS) is 23.6. The molecule has 3 aliphatic rings. The minimum absolute atomic E-state index is 0.269. The number of hydrogen-bond donors (Lipinski definition) is 1. The van der Waals surface area contributed by atoms with Crippen LogP contribution in [0, 0.1) is 5.92 Å². The number of allylic oxidation sites excluding steroid dienone is 1. The third kappa shape index (κ3) is 1.00. The van der Waals surface area contributed by atoms with Crippen molar-refractivity contribution in [2.75, 3.05) is 13.1 Å². The van der Waals surface area contributed by atoms with Crippen LogP contribution in [0.3, 0.4) is 0 Å². The van der Waals surface area contributed by atoms with Gasteiger partial charge in [-0.25, -0.2) is 0 Å². The zero-order chi connectivity index (χ0) is 7.84. The number of carbonyl (C=O) groups excluding carboxylic acids is 1. The van der Waals surface area contributed by atoms with Gasteiger partial charge in [-0.1, -0.05) is 6.08 Å². The fraction of sp³-hybridized carbons (Fsp3) is 0.625. The van der Waals surface area contributed by atoms with Crippen LogP contribution in [0.1, 0.15) is 12.8 Å². The van der Waals surface area contributed by atoms with Crippen molar-refractivity contribution >= 4 is 5.91 Å². The Hall–Kier alpha value is -0.990. The average molecular weight is 152 g/mol. The third-order valence-electron chi connectivity index (χ3n) is 2.53. The summed E-state index contributed by atoms with van der Waals surface area (Å²) in [6.45, 7) is 2.03. The molecule has 0 aromatic carbocycles. The zero-order valence-corrected chi connectivity index (χ0v) is 6.42. The number of nitrogens with zero attached hydrogens (tertiary/aromatic N) is 1. The first-order valence-corrected chi connectivity index (χ1v) is 4.04. The van der Waals surface area contributed by atoms with Gasteiger partial charge in [-0.05, 0) is 18.8 Å². The number of rotatable bonds is 1. The van der Waals surface area contributed by atoms with Gasteiger partial charge in [0.25, 0.3) is 5.91 Å². The average Bonchev–Trinajstić information content (AvgIpc) is 2.06. The van der Waals surface area contributed by atoms with Crippen LogP contribution in [0.25, 0.3) is 0 Å². The third-order valence-corrected chi connectivity index (χ3v) is 2.53. The molecular formula is C8H12N2O. The molecule has 3 nitrogen and oxygen atoms in total. The van der Waals surface area contributed by atoms with E-state index >= 15 is 0 Å². The SMILES string of the molecule is NC(=O)C1=CC2CCN1CC2. The highest BCUT2D eigenvalue weighted by Gasteiger charge is 2.28. The monoisotopic (exact) mass is 152 g/mol. The Morgan fingerprint density at radius 2 is 2.18 bits per heavy atom. The second-order valence-electron chi connectivity index (χ2n) is 3.24. The summed E-state index contributed by atoms with van der Waals surface area (Å²) in [7, 11) is 0. The second kappa shape index (κ2) is 2.26. The maximum Gasteiger partial charge on any atom is 0.264 e. The van der Waals surface area contributed by atoms with Gasteiger partial charge in [0.05, 0.1) is 5.70 Å². The lowest BCUT2D eigenvalue weighted by Crippen LogP contribution is -2.42. The molecule has 0 aliphatic carbocycles. The van der Waals surface area contributed by atoms with Crippen LogP contribution in [0.5, 0.6) is 0 Å². The lowest BCUT2D eigenvalue weighted by atomic mass is 9.90. The van der Waals surface area contributed by atoms with Crippen molar-refractivity contribution in [3.8, 4) is 0 Å². The quantitative estimate of drug-likeness (QED) is 0.578. The fourth-order valence-electron chi connectivity index (χ4n) is 1.87. The lowest BCUT2D eigenvalue weighted by molar-refractivity contribution is -0.116. The summed E-state index contributed by atoms with van der Waals surface area (Å²) in [5.41, 5.74) is 5.95. The van der Waals surface area contributed by atoms with E-state index in [1.165, 1.54) is 12.8 Å². The lowest BCUT2D eigenvalue weighted by Gasteiger charge is -2.38. The van der Waals surface area contributed by atoms with Crippen LogP contribution in [0.4, 0.5) is 0 Å². The van der Waals surface area contributed by atoms with E-state index in [-0.39, 0.29) is 5.91 Å². The fourth-order valence-corrected chi connectivity index (χ4v) is 1.87. The van der Waals surface area contributed by atoms with Gasteiger partial charge in [0, 0.05) is 13.1 Å². The van der Waals surface area contributed by atoms with Gasteiger partial charge in [0.1, 0.15) is 0 Å². The van der Waals surface area contributed by atoms with E-state index < -0.39 is 0 Å². The summed E-state index contributed by atoms with van der Waals surface area (Å²) >= 11 is 0. The van der Waals surface area contributed by atoms with Gasteiger partial charge in [0.15, 0.2) is 0 Å². The molecule has 0 radical (unpaired) electrons. The molecule has 3 aliphatic heterocycles. The van der Waals surface area contributed by atoms with Gasteiger partial charge in [-0.3, -0.25) is 4.79 Å². The number of amides is 1. The molecule has 3 heterocycles. The predicted octanol–water partition coefficient (Wildman–Crippen LogP) is 0.0812. The largest absolute Gasteiger partial charge is 0.367 e. The molecule has 3 rings (SSSR count). The molecule has 1 amide bonds. The highest BCUT2D eigenvalue weighted by molar-refractivity contribution is 5.91. The molecule has 0 spiro atoms. The van der Waals surface area contributed by atoms with Crippen LogP contribution in [0.2, 0.25) is 0 Å². The molecule has 60 valence electrons. The predicted molar refractivity (Wildman–Crippen MR) is 41.6 cm³/mol. The van der Waals surface area contributed by atoms with Gasteiger partial charge in [-0.2, -0.15) is 0 Å². The Bertz CT molecular complexity index is 214. The molecule has 1 fully saturated rings. The van der Waals surface area contributed by atoms with E-state index in [4.69, 9.17) is 5.73 Å². The number of carbonyl (C=O) groups is 1. The summed E-state index contributed by atoms with van der Waals surface area (Å²) in [5.74, 6) is 0.344. The maximum absolute atomic E-state index is 10.9. The van der Waals surface area contributed by atoms with E-state index in [1.54, 1.807) is 0 Å². The van der Waals surface area contributed by atoms with Crippen LogP contribution < -0.4 is 5.73 Å². The Kier molecular flexibility index (Phi) is 1.37. The minimum Gasteiger partial charge on any atom is -0.367 e. The summed E-state index contributed by atoms with van der Waals surface area (Å²) < 4.78 is 0. The summed E-state index contributed by atoms with van der Waals surface area (Å²) in [4.78, 5) is 12.9. The van der Waals surface area contributed by atoms with Crippen molar-refractivity contribution in [1.29, 1.82) is 0 Å². The standard InChI is InChI=1S/C8H12N2O/c9-8(11)7-5-6-1-3-10(7)4-2-6/h5-6H,1-4H2,(H2,9,11). The minimum atomic E-state index is -0.269. The number of primary amides is 1. The first-order valence-electron chi connectivity index (χ1n) is 4.04. The van der Waals surface area contributed by atoms with Crippen molar-refractivity contribution in [2.24, 2.45) is 11.7 Å². The highest BCUT2D eigenvalue weighted by atomic mass is 16.1. The Balaban J connectivity index is 2.27. The van der Waals surface area contributed by atoms with Crippen molar-refractivity contribution in [1.82, 2.24) is 4.90 Å². The second-order valence-corrected chi connectivity index (χ2v) is 3.24. The van der Waals surface area contributed by atoms with Crippen LogP contribution in [-0.4, -0.2) is 23.9 Å². The Labute approximate surface area is 65.9 Å². The van der Waals surface area contributed by atoms with Crippen LogP contribution in [-0.2, 0) is 4.79 Å². The number of fused-ring (bicyclic) bond motifs is 2. The molecular weight excluding hydrogens is 140 g/mol. The van der Waals surface area contributed by atoms with Crippen molar-refractivity contribution in [3.63, 3.8) is 0 Å². The van der Waals surface area contributed by atoms with Gasteiger partial charge >= 0.3 is 0 Å². The summed E-state index contributed by atoms with van der Waals surface area (Å²) in [6.07, 6.45) is 4.41. The first kappa shape index (κ1) is 6.70. The molecule has 2 bridgehead atoms. The molecule has 3 heteroatoms. The molecule has 11 heavy (non-hydrogen) atoms. The van der Waals surface area contributed by atoms with Crippen LogP contribution >= 0.6 is 0 Å². The molecule has 0 aromatic rings. The van der Waals surface area contributed by atoms with E-state index in [0.717, 1.165) is 18.8 Å². The zero-order valence-electron chi connectivity index (χ0n) is 6.42. The number of hydrogen-bond acceptors (Lipinski definition) is 2. The topological polar surface area (TPSA) is 46.3 Å².